The zero-order chi connectivity index (χ0) is 17.2. The molecule has 0 aliphatic heterocycles. The number of nitrogens with zero attached hydrogens (tertiary/aromatic N) is 1. The monoisotopic (exact) mass is 370 g/mol. The van der Waals surface area contributed by atoms with Crippen molar-refractivity contribution in [1.29, 1.82) is 0 Å². The Balaban J connectivity index is 1.51. The number of carbonyl (C=O) groups excluding carboxylic acids is 1. The summed E-state index contributed by atoms with van der Waals surface area (Å²) in [7, 11) is 1.63. The van der Waals surface area contributed by atoms with E-state index in [0.29, 0.717) is 23.0 Å². The topological polar surface area (TPSA) is 64.4 Å². The minimum atomic E-state index is -0.0716. The van der Waals surface area contributed by atoms with Gasteiger partial charge < -0.3 is 14.5 Å². The summed E-state index contributed by atoms with van der Waals surface area (Å²) in [5.74, 6) is 1.37. The predicted octanol–water partition coefficient (Wildman–Crippen LogP) is 4.81. The van der Waals surface area contributed by atoms with Gasteiger partial charge in [0.05, 0.1) is 13.5 Å². The summed E-state index contributed by atoms with van der Waals surface area (Å²) < 4.78 is 11.1. The van der Waals surface area contributed by atoms with Crippen LogP contribution >= 0.6 is 22.7 Å². The zero-order valence-electron chi connectivity index (χ0n) is 13.3. The first-order chi connectivity index (χ1) is 12.2. The summed E-state index contributed by atoms with van der Waals surface area (Å²) in [4.78, 5) is 17.5. The summed E-state index contributed by atoms with van der Waals surface area (Å²) in [6.07, 6.45) is 0.358. The van der Waals surface area contributed by atoms with Crippen molar-refractivity contribution in [3.05, 3.63) is 52.0 Å². The van der Waals surface area contributed by atoms with Gasteiger partial charge in [0.25, 0.3) is 0 Å². The minimum Gasteiger partial charge on any atom is -0.497 e. The molecule has 0 bridgehead atoms. The normalized spacial score (nSPS) is 10.9. The van der Waals surface area contributed by atoms with Gasteiger partial charge in [-0.05, 0) is 35.7 Å². The highest BCUT2D eigenvalue weighted by molar-refractivity contribution is 7.14. The van der Waals surface area contributed by atoms with Crippen molar-refractivity contribution >= 4 is 44.7 Å². The van der Waals surface area contributed by atoms with E-state index < -0.39 is 0 Å². The average Bonchev–Trinajstić information content (AvgIpc) is 3.33. The van der Waals surface area contributed by atoms with E-state index >= 15 is 0 Å². The average molecular weight is 370 g/mol. The van der Waals surface area contributed by atoms with Crippen LogP contribution in [0.1, 0.15) is 4.88 Å². The number of thiazole rings is 1. The fourth-order valence-corrected chi connectivity index (χ4v) is 3.87. The Hall–Kier alpha value is -2.64. The molecule has 7 heteroatoms. The van der Waals surface area contributed by atoms with Crippen LogP contribution in [0.2, 0.25) is 0 Å². The molecule has 0 saturated heterocycles. The molecule has 3 aromatic heterocycles. The third-order valence-corrected chi connectivity index (χ3v) is 5.28. The number of aromatic nitrogens is 1. The molecule has 0 radical (unpaired) electrons. The maximum atomic E-state index is 12.1. The lowest BCUT2D eigenvalue weighted by Crippen LogP contribution is -2.13. The Labute approximate surface area is 151 Å². The molecule has 0 spiro atoms. The van der Waals surface area contributed by atoms with Gasteiger partial charge in [0.1, 0.15) is 17.0 Å². The maximum Gasteiger partial charge on any atom is 0.231 e. The molecule has 25 heavy (non-hydrogen) atoms. The van der Waals surface area contributed by atoms with Crippen LogP contribution in [0.4, 0.5) is 5.13 Å². The van der Waals surface area contributed by atoms with Crippen LogP contribution in [0.3, 0.4) is 0 Å². The van der Waals surface area contributed by atoms with Gasteiger partial charge in [0.15, 0.2) is 10.9 Å². The van der Waals surface area contributed by atoms with Crippen LogP contribution in [0.5, 0.6) is 5.75 Å². The quantitative estimate of drug-likeness (QED) is 0.548. The Morgan fingerprint density at radius 3 is 3.00 bits per heavy atom. The Kier molecular flexibility index (Phi) is 4.25. The number of fused-ring (bicyclic) bond motifs is 1. The first-order valence-corrected chi connectivity index (χ1v) is 9.33. The molecule has 0 aliphatic rings. The number of furan rings is 1. The molecule has 4 rings (SSSR count). The summed E-state index contributed by atoms with van der Waals surface area (Å²) in [5, 5.41) is 8.18. The van der Waals surface area contributed by atoms with Gasteiger partial charge >= 0.3 is 0 Å². The second kappa shape index (κ2) is 6.70. The van der Waals surface area contributed by atoms with Crippen molar-refractivity contribution in [2.75, 3.05) is 12.4 Å². The highest BCUT2D eigenvalue weighted by atomic mass is 32.1. The first kappa shape index (κ1) is 15.9. The van der Waals surface area contributed by atoms with Gasteiger partial charge in [0.2, 0.25) is 5.91 Å². The number of carbonyl (C=O) groups is 1. The fraction of sp³-hybridized carbons (Fsp3) is 0.111. The van der Waals surface area contributed by atoms with Gasteiger partial charge in [-0.3, -0.25) is 4.79 Å². The SMILES string of the molecule is COc1ccc2oc(-c3csc(NC(=O)Cc4cccs4)n3)cc2c1. The van der Waals surface area contributed by atoms with Gasteiger partial charge in [-0.1, -0.05) is 6.07 Å². The van der Waals surface area contributed by atoms with Crippen LogP contribution in [0.15, 0.2) is 51.6 Å². The van der Waals surface area contributed by atoms with Gasteiger partial charge in [-0.2, -0.15) is 0 Å². The number of nitrogens with one attached hydrogen (secondary N) is 1. The van der Waals surface area contributed by atoms with Crippen LogP contribution in [-0.4, -0.2) is 18.0 Å². The van der Waals surface area contributed by atoms with E-state index in [-0.39, 0.29) is 5.91 Å². The van der Waals surface area contributed by atoms with Gasteiger partial charge in [-0.25, -0.2) is 4.98 Å². The Bertz CT molecular complexity index is 1020. The standard InChI is InChI=1S/C18H14N2O3S2/c1-22-12-4-5-15-11(7-12)8-16(23-15)14-10-25-18(19-14)20-17(21)9-13-3-2-6-24-13/h2-8,10H,9H2,1H3,(H,19,20,21). The Morgan fingerprint density at radius 1 is 1.28 bits per heavy atom. The molecule has 1 amide bonds. The van der Waals surface area contributed by atoms with E-state index in [9.17, 15) is 4.79 Å². The maximum absolute atomic E-state index is 12.1. The Morgan fingerprint density at radius 2 is 2.20 bits per heavy atom. The number of rotatable bonds is 5. The third-order valence-electron chi connectivity index (χ3n) is 3.64. The largest absolute Gasteiger partial charge is 0.497 e. The third kappa shape index (κ3) is 3.42. The molecule has 4 aromatic rings. The van der Waals surface area contributed by atoms with Crippen LogP contribution in [-0.2, 0) is 11.2 Å². The molecule has 0 atom stereocenters. The van der Waals surface area contributed by atoms with Crippen LogP contribution < -0.4 is 10.1 Å². The second-order valence-corrected chi connectivity index (χ2v) is 7.25. The number of hydrogen-bond acceptors (Lipinski definition) is 6. The predicted molar refractivity (Wildman–Crippen MR) is 101 cm³/mol. The number of benzene rings is 1. The van der Waals surface area contributed by atoms with E-state index in [1.54, 1.807) is 18.4 Å². The van der Waals surface area contributed by atoms with Crippen molar-refractivity contribution in [2.24, 2.45) is 0 Å². The lowest BCUT2D eigenvalue weighted by molar-refractivity contribution is -0.115. The summed E-state index contributed by atoms with van der Waals surface area (Å²) in [6.45, 7) is 0. The van der Waals surface area contributed by atoms with Gasteiger partial charge in [-0.15, -0.1) is 22.7 Å². The van der Waals surface area contributed by atoms with Crippen LogP contribution in [0, 0.1) is 0 Å². The molecule has 0 saturated carbocycles. The number of methoxy groups -OCH3 is 1. The van der Waals surface area contributed by atoms with Crippen molar-refractivity contribution in [3.8, 4) is 17.2 Å². The highest BCUT2D eigenvalue weighted by Gasteiger charge is 2.13. The van der Waals surface area contributed by atoms with Crippen molar-refractivity contribution in [2.45, 2.75) is 6.42 Å². The number of ether oxygens (including phenoxy) is 1. The zero-order valence-corrected chi connectivity index (χ0v) is 14.9. The molecule has 0 fully saturated rings. The number of hydrogen-bond donors (Lipinski definition) is 1. The molecule has 5 nitrogen and oxygen atoms in total. The number of amides is 1. The van der Waals surface area contributed by atoms with E-state index in [2.05, 4.69) is 10.3 Å². The van der Waals surface area contributed by atoms with Crippen molar-refractivity contribution in [1.82, 2.24) is 4.98 Å². The first-order valence-electron chi connectivity index (χ1n) is 7.57. The molecular formula is C18H14N2O3S2. The van der Waals surface area contributed by atoms with Crippen LogP contribution in [0.25, 0.3) is 22.4 Å². The second-order valence-electron chi connectivity index (χ2n) is 5.36. The lowest BCUT2D eigenvalue weighted by Gasteiger charge is -1.99. The van der Waals surface area contributed by atoms with E-state index in [0.717, 1.165) is 21.6 Å². The van der Waals surface area contributed by atoms with E-state index in [4.69, 9.17) is 9.15 Å². The lowest BCUT2D eigenvalue weighted by atomic mass is 10.2. The number of thiophene rings is 1. The molecule has 1 N–H and O–H groups in total. The molecule has 0 aliphatic carbocycles. The smallest absolute Gasteiger partial charge is 0.231 e. The van der Waals surface area contributed by atoms with E-state index in [1.165, 1.54) is 11.3 Å². The molecule has 126 valence electrons. The molecule has 1 aromatic carbocycles. The summed E-state index contributed by atoms with van der Waals surface area (Å²) in [6, 6.07) is 11.4. The molecular weight excluding hydrogens is 356 g/mol. The van der Waals surface area contributed by atoms with Crippen molar-refractivity contribution < 1.29 is 13.9 Å². The van der Waals surface area contributed by atoms with Gasteiger partial charge in [0, 0.05) is 15.6 Å². The molecule has 3 heterocycles. The number of anilines is 1. The van der Waals surface area contributed by atoms with Crippen molar-refractivity contribution in [3.63, 3.8) is 0 Å². The summed E-state index contributed by atoms with van der Waals surface area (Å²) >= 11 is 2.94. The molecule has 0 unspecified atom stereocenters. The fourth-order valence-electron chi connectivity index (χ4n) is 2.45. The minimum absolute atomic E-state index is 0.0716. The van der Waals surface area contributed by atoms with E-state index in [1.807, 2.05) is 47.2 Å². The summed E-state index contributed by atoms with van der Waals surface area (Å²) in [5.41, 5.74) is 1.47. The highest BCUT2D eigenvalue weighted by Crippen LogP contribution is 2.32.